The fourth-order valence-electron chi connectivity index (χ4n) is 3.91. The molecule has 0 spiro atoms. The van der Waals surface area contributed by atoms with Gasteiger partial charge in [-0.25, -0.2) is 9.67 Å². The number of rotatable bonds is 4. The molecule has 1 aliphatic carbocycles. The molecular weight excluding hydrogens is 340 g/mol. The second-order valence-corrected chi connectivity index (χ2v) is 7.35. The Labute approximate surface area is 157 Å². The van der Waals surface area contributed by atoms with Gasteiger partial charge in [0, 0.05) is 23.5 Å². The van der Waals surface area contributed by atoms with Crippen LogP contribution in [0.15, 0.2) is 30.5 Å². The molecule has 1 aliphatic rings. The maximum absolute atomic E-state index is 11.4. The van der Waals surface area contributed by atoms with Crippen molar-refractivity contribution in [1.82, 2.24) is 19.7 Å². The van der Waals surface area contributed by atoms with Gasteiger partial charge in [0.25, 0.3) is 0 Å². The third-order valence-corrected chi connectivity index (χ3v) is 5.32. The Morgan fingerprint density at radius 1 is 1.22 bits per heavy atom. The highest BCUT2D eigenvalue weighted by Gasteiger charge is 2.27. The second-order valence-electron chi connectivity index (χ2n) is 7.35. The Kier molecular flexibility index (Phi) is 4.61. The maximum Gasteiger partial charge on any atom is 0.225 e. The van der Waals surface area contributed by atoms with Crippen LogP contribution in [0.25, 0.3) is 16.6 Å². The number of para-hydroxylation sites is 1. The van der Waals surface area contributed by atoms with Gasteiger partial charge in [0.05, 0.1) is 17.6 Å². The van der Waals surface area contributed by atoms with Crippen molar-refractivity contribution in [2.45, 2.75) is 51.0 Å². The highest BCUT2D eigenvalue weighted by molar-refractivity contribution is 5.89. The Bertz CT molecular complexity index is 987. The number of aromatic nitrogens is 4. The van der Waals surface area contributed by atoms with Gasteiger partial charge in [0.15, 0.2) is 5.82 Å². The number of pyridine rings is 1. The van der Waals surface area contributed by atoms with Crippen LogP contribution in [0.2, 0.25) is 0 Å². The van der Waals surface area contributed by atoms with Crippen LogP contribution < -0.4 is 11.5 Å². The SMILES string of the molecule is Cc1cccc2c(-n3nc(CC(N)=O)nc3C3CCC(N)CC3)ccnc12. The average molecular weight is 364 g/mol. The molecule has 7 heteroatoms. The van der Waals surface area contributed by atoms with Crippen LogP contribution >= 0.6 is 0 Å². The Hall–Kier alpha value is -2.80. The van der Waals surface area contributed by atoms with Gasteiger partial charge in [-0.15, -0.1) is 0 Å². The number of carbonyl (C=O) groups is 1. The number of fused-ring (bicyclic) bond motifs is 1. The Morgan fingerprint density at radius 2 is 2.00 bits per heavy atom. The molecule has 2 aromatic heterocycles. The van der Waals surface area contributed by atoms with Crippen molar-refractivity contribution in [2.75, 3.05) is 0 Å². The van der Waals surface area contributed by atoms with Gasteiger partial charge in [-0.1, -0.05) is 18.2 Å². The fourth-order valence-corrected chi connectivity index (χ4v) is 3.91. The number of nitrogens with zero attached hydrogens (tertiary/aromatic N) is 4. The van der Waals surface area contributed by atoms with Gasteiger partial charge >= 0.3 is 0 Å². The number of carbonyl (C=O) groups excluding carboxylic acids is 1. The molecule has 0 saturated heterocycles. The first-order valence-corrected chi connectivity index (χ1v) is 9.37. The van der Waals surface area contributed by atoms with Gasteiger partial charge in [0.2, 0.25) is 5.91 Å². The lowest BCUT2D eigenvalue weighted by molar-refractivity contribution is -0.117. The molecule has 1 aromatic carbocycles. The standard InChI is InChI=1S/C20H24N6O/c1-12-3-2-4-15-16(9-10-23-19(12)15)26-20(13-5-7-14(21)8-6-13)24-18(25-26)11-17(22)27/h2-4,9-10,13-14H,5-8,11,21H2,1H3,(H2,22,27). The summed E-state index contributed by atoms with van der Waals surface area (Å²) in [4.78, 5) is 20.6. The van der Waals surface area contributed by atoms with Crippen LogP contribution in [-0.2, 0) is 11.2 Å². The van der Waals surface area contributed by atoms with Crippen LogP contribution in [0, 0.1) is 6.92 Å². The number of nitrogens with two attached hydrogens (primary N) is 2. The van der Waals surface area contributed by atoms with Crippen LogP contribution in [0.1, 0.15) is 48.8 Å². The summed E-state index contributed by atoms with van der Waals surface area (Å²) in [5, 5.41) is 5.66. The lowest BCUT2D eigenvalue weighted by Crippen LogP contribution is -2.26. The summed E-state index contributed by atoms with van der Waals surface area (Å²) in [5.74, 6) is 1.18. The monoisotopic (exact) mass is 364 g/mol. The van der Waals surface area contributed by atoms with Crippen molar-refractivity contribution < 1.29 is 4.79 Å². The Morgan fingerprint density at radius 3 is 2.74 bits per heavy atom. The largest absolute Gasteiger partial charge is 0.369 e. The molecule has 0 unspecified atom stereocenters. The van der Waals surface area contributed by atoms with E-state index in [1.54, 1.807) is 6.20 Å². The zero-order valence-corrected chi connectivity index (χ0v) is 15.4. The minimum Gasteiger partial charge on any atom is -0.369 e. The smallest absolute Gasteiger partial charge is 0.225 e. The molecule has 0 radical (unpaired) electrons. The first-order chi connectivity index (χ1) is 13.0. The first kappa shape index (κ1) is 17.6. The number of hydrogen-bond donors (Lipinski definition) is 2. The van der Waals surface area contributed by atoms with E-state index >= 15 is 0 Å². The van der Waals surface area contributed by atoms with Gasteiger partial charge < -0.3 is 11.5 Å². The zero-order chi connectivity index (χ0) is 19.0. The van der Waals surface area contributed by atoms with E-state index in [1.807, 2.05) is 35.9 Å². The summed E-state index contributed by atoms with van der Waals surface area (Å²) in [5.41, 5.74) is 14.4. The fraction of sp³-hybridized carbons (Fsp3) is 0.400. The third kappa shape index (κ3) is 3.42. The highest BCUT2D eigenvalue weighted by Crippen LogP contribution is 2.33. The van der Waals surface area contributed by atoms with E-state index in [0.29, 0.717) is 5.82 Å². The average Bonchev–Trinajstić information content (AvgIpc) is 3.05. The molecule has 4 N–H and O–H groups in total. The molecule has 27 heavy (non-hydrogen) atoms. The molecular formula is C20H24N6O. The highest BCUT2D eigenvalue weighted by atomic mass is 16.1. The molecule has 140 valence electrons. The molecule has 0 bridgehead atoms. The summed E-state index contributed by atoms with van der Waals surface area (Å²) in [6.07, 6.45) is 5.71. The van der Waals surface area contributed by atoms with Crippen molar-refractivity contribution in [3.8, 4) is 5.69 Å². The van der Waals surface area contributed by atoms with E-state index in [-0.39, 0.29) is 18.4 Å². The van der Waals surface area contributed by atoms with Gasteiger partial charge in [-0.2, -0.15) is 5.10 Å². The lowest BCUT2D eigenvalue weighted by Gasteiger charge is -2.25. The molecule has 0 aliphatic heterocycles. The molecule has 1 amide bonds. The molecule has 1 fully saturated rings. The number of benzene rings is 1. The number of hydrogen-bond acceptors (Lipinski definition) is 5. The van der Waals surface area contributed by atoms with E-state index in [2.05, 4.69) is 10.1 Å². The minimum atomic E-state index is -0.431. The van der Waals surface area contributed by atoms with Crippen LogP contribution in [0.5, 0.6) is 0 Å². The van der Waals surface area contributed by atoms with Gasteiger partial charge in [-0.05, 0) is 44.2 Å². The molecule has 7 nitrogen and oxygen atoms in total. The van der Waals surface area contributed by atoms with E-state index in [0.717, 1.165) is 53.7 Å². The van der Waals surface area contributed by atoms with E-state index in [1.165, 1.54) is 0 Å². The van der Waals surface area contributed by atoms with E-state index < -0.39 is 5.91 Å². The predicted octanol–water partition coefficient (Wildman–Crippen LogP) is 2.14. The van der Waals surface area contributed by atoms with E-state index in [4.69, 9.17) is 16.5 Å². The zero-order valence-electron chi connectivity index (χ0n) is 15.4. The molecule has 2 heterocycles. The summed E-state index contributed by atoms with van der Waals surface area (Å²) in [7, 11) is 0. The molecule has 4 rings (SSSR count). The van der Waals surface area contributed by atoms with Crippen molar-refractivity contribution in [2.24, 2.45) is 11.5 Å². The summed E-state index contributed by atoms with van der Waals surface area (Å²) < 4.78 is 1.88. The van der Waals surface area contributed by atoms with E-state index in [9.17, 15) is 4.79 Å². The summed E-state index contributed by atoms with van der Waals surface area (Å²) >= 11 is 0. The third-order valence-electron chi connectivity index (χ3n) is 5.32. The second kappa shape index (κ2) is 7.08. The Balaban J connectivity index is 1.85. The lowest BCUT2D eigenvalue weighted by atomic mass is 9.86. The molecule has 3 aromatic rings. The number of aryl methyl sites for hydroxylation is 1. The summed E-state index contributed by atoms with van der Waals surface area (Å²) in [6.45, 7) is 2.04. The predicted molar refractivity (Wildman–Crippen MR) is 103 cm³/mol. The summed E-state index contributed by atoms with van der Waals surface area (Å²) in [6, 6.07) is 8.31. The number of amides is 1. The van der Waals surface area contributed by atoms with Crippen molar-refractivity contribution in [3.63, 3.8) is 0 Å². The van der Waals surface area contributed by atoms with Gasteiger partial charge in [-0.3, -0.25) is 9.78 Å². The minimum absolute atomic E-state index is 0.0360. The quantitative estimate of drug-likeness (QED) is 0.736. The molecule has 1 saturated carbocycles. The van der Waals surface area contributed by atoms with Gasteiger partial charge in [0.1, 0.15) is 5.82 Å². The van der Waals surface area contributed by atoms with Crippen molar-refractivity contribution in [3.05, 3.63) is 47.7 Å². The van der Waals surface area contributed by atoms with Crippen molar-refractivity contribution >= 4 is 16.8 Å². The van der Waals surface area contributed by atoms with Crippen LogP contribution in [0.3, 0.4) is 0 Å². The normalized spacial score (nSPS) is 20.1. The maximum atomic E-state index is 11.4. The van der Waals surface area contributed by atoms with Crippen molar-refractivity contribution in [1.29, 1.82) is 0 Å². The molecule has 0 atom stereocenters. The van der Waals surface area contributed by atoms with Crippen LogP contribution in [0.4, 0.5) is 0 Å². The topological polar surface area (TPSA) is 113 Å². The van der Waals surface area contributed by atoms with Crippen LogP contribution in [-0.4, -0.2) is 31.7 Å². The number of primary amides is 1. The first-order valence-electron chi connectivity index (χ1n) is 9.37.